The van der Waals surface area contributed by atoms with Gasteiger partial charge in [-0.05, 0) is 31.0 Å². The molecule has 10 heteroatoms. The minimum absolute atomic E-state index is 0.340. The first-order valence-corrected chi connectivity index (χ1v) is 11.7. The quantitative estimate of drug-likeness (QED) is 0.501. The van der Waals surface area contributed by atoms with Crippen LogP contribution < -0.4 is 4.90 Å². The molecule has 1 aliphatic heterocycles. The van der Waals surface area contributed by atoms with Crippen molar-refractivity contribution >= 4 is 50.9 Å². The molecule has 0 N–H and O–H groups in total. The number of benzene rings is 1. The van der Waals surface area contributed by atoms with Crippen LogP contribution in [0.4, 0.5) is 5.82 Å². The zero-order valence-corrected chi connectivity index (χ0v) is 20.5. The molecule has 4 rings (SSSR count). The van der Waals surface area contributed by atoms with Crippen molar-refractivity contribution in [1.82, 2.24) is 14.9 Å². The number of aryl methyl sites for hydroxylation is 2. The molecular weight excluding hydrogens is 464 g/mol. The molecule has 1 aliphatic rings. The monoisotopic (exact) mass is 488 g/mol. The Kier molecular flexibility index (Phi) is 6.83. The Morgan fingerprint density at radius 3 is 2.39 bits per heavy atom. The van der Waals surface area contributed by atoms with Gasteiger partial charge in [0.15, 0.2) is 0 Å². The molecule has 2 aromatic heterocycles. The first kappa shape index (κ1) is 23.4. The molecule has 1 aromatic carbocycles. The summed E-state index contributed by atoms with van der Waals surface area (Å²) in [6.07, 6.45) is 0. The number of nitrogens with zero attached hydrogens (tertiary/aromatic N) is 4. The molecular formula is C23H25ClN4O4S. The Hall–Kier alpha value is -2.75. The van der Waals surface area contributed by atoms with Crippen molar-refractivity contribution in [3.63, 3.8) is 0 Å². The first-order chi connectivity index (χ1) is 15.8. The van der Waals surface area contributed by atoms with Crippen molar-refractivity contribution < 1.29 is 19.1 Å². The standard InChI is InChI=1S/C23H25ClN4O4S/c1-13-17-20(25-14(2)26-21(17)33-19(13)23(30)32-4)28-11-9-27(10-12-28)18(22(29)31-3)15-7-5-6-8-16(15)24/h5-8,18H,9-12H2,1-4H3. The number of fused-ring (bicyclic) bond motifs is 1. The van der Waals surface area contributed by atoms with Crippen LogP contribution in [0.1, 0.15) is 32.7 Å². The van der Waals surface area contributed by atoms with E-state index < -0.39 is 6.04 Å². The minimum atomic E-state index is -0.577. The molecule has 0 saturated carbocycles. The van der Waals surface area contributed by atoms with E-state index in [-0.39, 0.29) is 11.9 Å². The Morgan fingerprint density at radius 2 is 1.76 bits per heavy atom. The van der Waals surface area contributed by atoms with Gasteiger partial charge >= 0.3 is 11.9 Å². The highest BCUT2D eigenvalue weighted by molar-refractivity contribution is 7.20. The van der Waals surface area contributed by atoms with E-state index in [2.05, 4.69) is 14.8 Å². The van der Waals surface area contributed by atoms with Gasteiger partial charge < -0.3 is 14.4 Å². The van der Waals surface area contributed by atoms with Crippen LogP contribution >= 0.6 is 22.9 Å². The third-order valence-electron chi connectivity index (χ3n) is 5.86. The largest absolute Gasteiger partial charge is 0.468 e. The van der Waals surface area contributed by atoms with Gasteiger partial charge in [0.2, 0.25) is 0 Å². The number of methoxy groups -OCH3 is 2. The smallest absolute Gasteiger partial charge is 0.348 e. The van der Waals surface area contributed by atoms with Gasteiger partial charge in [-0.2, -0.15) is 0 Å². The molecule has 0 amide bonds. The lowest BCUT2D eigenvalue weighted by atomic mass is 10.0. The average Bonchev–Trinajstić information content (AvgIpc) is 3.15. The Bertz CT molecular complexity index is 1210. The van der Waals surface area contributed by atoms with Crippen molar-refractivity contribution in [1.29, 1.82) is 0 Å². The Balaban J connectivity index is 1.63. The number of ether oxygens (including phenoxy) is 2. The van der Waals surface area contributed by atoms with E-state index >= 15 is 0 Å². The van der Waals surface area contributed by atoms with E-state index in [4.69, 9.17) is 26.1 Å². The zero-order valence-electron chi connectivity index (χ0n) is 18.9. The Morgan fingerprint density at radius 1 is 1.06 bits per heavy atom. The number of hydrogen-bond donors (Lipinski definition) is 0. The van der Waals surface area contributed by atoms with Gasteiger partial charge in [-0.3, -0.25) is 4.90 Å². The second-order valence-corrected chi connectivity index (χ2v) is 9.20. The third kappa shape index (κ3) is 4.40. The summed E-state index contributed by atoms with van der Waals surface area (Å²) in [6, 6.07) is 6.77. The summed E-state index contributed by atoms with van der Waals surface area (Å²) in [5.41, 5.74) is 1.55. The molecule has 0 bridgehead atoms. The number of piperazine rings is 1. The number of anilines is 1. The molecule has 1 saturated heterocycles. The minimum Gasteiger partial charge on any atom is -0.468 e. The van der Waals surface area contributed by atoms with Crippen LogP contribution in [0.3, 0.4) is 0 Å². The fourth-order valence-electron chi connectivity index (χ4n) is 4.21. The van der Waals surface area contributed by atoms with Gasteiger partial charge in [0.1, 0.15) is 27.4 Å². The lowest BCUT2D eigenvalue weighted by Crippen LogP contribution is -2.49. The predicted octanol–water partition coefficient (Wildman–Crippen LogP) is 3.78. The van der Waals surface area contributed by atoms with Gasteiger partial charge in [-0.25, -0.2) is 19.6 Å². The molecule has 33 heavy (non-hydrogen) atoms. The molecule has 3 heterocycles. The van der Waals surface area contributed by atoms with Crippen LogP contribution in [0.2, 0.25) is 5.02 Å². The van der Waals surface area contributed by atoms with Crippen LogP contribution in [0.25, 0.3) is 10.2 Å². The van der Waals surface area contributed by atoms with E-state index in [1.165, 1.54) is 25.6 Å². The van der Waals surface area contributed by atoms with Crippen molar-refractivity contribution in [2.24, 2.45) is 0 Å². The fraction of sp³-hybridized carbons (Fsp3) is 0.391. The van der Waals surface area contributed by atoms with Gasteiger partial charge in [-0.1, -0.05) is 29.8 Å². The number of carbonyl (C=O) groups is 2. The maximum absolute atomic E-state index is 12.7. The highest BCUT2D eigenvalue weighted by Crippen LogP contribution is 2.37. The number of carbonyl (C=O) groups excluding carboxylic acids is 2. The van der Waals surface area contributed by atoms with Gasteiger partial charge in [-0.15, -0.1) is 11.3 Å². The molecule has 1 fully saturated rings. The van der Waals surface area contributed by atoms with Crippen molar-refractivity contribution in [2.45, 2.75) is 19.9 Å². The molecule has 3 aromatic rings. The second kappa shape index (κ2) is 9.62. The molecule has 1 atom stereocenters. The summed E-state index contributed by atoms with van der Waals surface area (Å²) < 4.78 is 10.0. The number of hydrogen-bond acceptors (Lipinski definition) is 9. The fourth-order valence-corrected chi connectivity index (χ4v) is 5.59. The van der Waals surface area contributed by atoms with E-state index in [1.807, 2.05) is 32.0 Å². The van der Waals surface area contributed by atoms with E-state index in [1.54, 1.807) is 6.07 Å². The van der Waals surface area contributed by atoms with Crippen LogP contribution in [0.15, 0.2) is 24.3 Å². The SMILES string of the molecule is COC(=O)c1sc2nc(C)nc(N3CCN(C(C(=O)OC)c4ccccc4Cl)CC3)c2c1C. The zero-order chi connectivity index (χ0) is 23.7. The normalized spacial score (nSPS) is 15.5. The maximum Gasteiger partial charge on any atom is 0.348 e. The number of halogens is 1. The predicted molar refractivity (Wildman–Crippen MR) is 128 cm³/mol. The third-order valence-corrected chi connectivity index (χ3v) is 7.37. The number of rotatable bonds is 5. The van der Waals surface area contributed by atoms with Crippen LogP contribution in [0, 0.1) is 13.8 Å². The van der Waals surface area contributed by atoms with Crippen LogP contribution in [0.5, 0.6) is 0 Å². The molecule has 0 aliphatic carbocycles. The maximum atomic E-state index is 12.7. The average molecular weight is 489 g/mol. The highest BCUT2D eigenvalue weighted by atomic mass is 35.5. The summed E-state index contributed by atoms with van der Waals surface area (Å²) in [7, 11) is 2.76. The van der Waals surface area contributed by atoms with E-state index in [0.29, 0.717) is 41.9 Å². The van der Waals surface area contributed by atoms with Crippen molar-refractivity contribution in [3.05, 3.63) is 51.1 Å². The first-order valence-electron chi connectivity index (χ1n) is 10.5. The summed E-state index contributed by atoms with van der Waals surface area (Å²) in [5.74, 6) is 0.729. The molecule has 1 unspecified atom stereocenters. The number of aromatic nitrogens is 2. The molecule has 0 radical (unpaired) electrons. The Labute approximate surface area is 201 Å². The van der Waals surface area contributed by atoms with Gasteiger partial charge in [0, 0.05) is 31.2 Å². The number of thiophene rings is 1. The summed E-state index contributed by atoms with van der Waals surface area (Å²) in [5, 5.41) is 1.41. The van der Waals surface area contributed by atoms with Gasteiger partial charge in [0.05, 0.1) is 19.6 Å². The van der Waals surface area contributed by atoms with Crippen molar-refractivity contribution in [3.8, 4) is 0 Å². The van der Waals surface area contributed by atoms with E-state index in [0.717, 1.165) is 27.2 Å². The molecule has 174 valence electrons. The second-order valence-electron chi connectivity index (χ2n) is 7.79. The lowest BCUT2D eigenvalue weighted by Gasteiger charge is -2.39. The highest BCUT2D eigenvalue weighted by Gasteiger charge is 2.33. The van der Waals surface area contributed by atoms with Crippen LogP contribution in [-0.4, -0.2) is 67.2 Å². The summed E-state index contributed by atoms with van der Waals surface area (Å²) >= 11 is 7.73. The van der Waals surface area contributed by atoms with Gasteiger partial charge in [0.25, 0.3) is 0 Å². The topological polar surface area (TPSA) is 84.9 Å². The van der Waals surface area contributed by atoms with E-state index in [9.17, 15) is 9.59 Å². The molecule has 8 nitrogen and oxygen atoms in total. The number of esters is 2. The van der Waals surface area contributed by atoms with Crippen LogP contribution in [-0.2, 0) is 14.3 Å². The summed E-state index contributed by atoms with van der Waals surface area (Å²) in [4.78, 5) is 39.7. The molecule has 0 spiro atoms. The van der Waals surface area contributed by atoms with Crippen molar-refractivity contribution in [2.75, 3.05) is 45.3 Å². The summed E-state index contributed by atoms with van der Waals surface area (Å²) in [6.45, 7) is 6.26. The lowest BCUT2D eigenvalue weighted by molar-refractivity contribution is -0.147.